The van der Waals surface area contributed by atoms with Crippen LogP contribution in [0, 0.1) is 5.92 Å². The molecular weight excluding hydrogens is 384 g/mol. The van der Waals surface area contributed by atoms with E-state index < -0.39 is 30.5 Å². The molecule has 2 aromatic rings. The summed E-state index contributed by atoms with van der Waals surface area (Å²) in [4.78, 5) is 8.97. The first-order valence-electron chi connectivity index (χ1n) is 10.6. The van der Waals surface area contributed by atoms with E-state index in [0.29, 0.717) is 0 Å². The molecule has 2 aliphatic rings. The highest BCUT2D eigenvalue weighted by Gasteiger charge is 2.47. The van der Waals surface area contributed by atoms with Gasteiger partial charge in [-0.25, -0.2) is 0 Å². The van der Waals surface area contributed by atoms with Crippen LogP contribution in [-0.4, -0.2) is 63.4 Å². The molecule has 2 unspecified atom stereocenters. The average molecular weight is 415 g/mol. The number of hydrogen-bond acceptors (Lipinski definition) is 7. The third-order valence-electron chi connectivity index (χ3n) is 5.70. The SMILES string of the molecule is CC(C)O[C@@H]1C(COC2c3cccnc3-c3ncccc32)O[C@@H](C(C)C)C(O)[C@H]1O. The van der Waals surface area contributed by atoms with Gasteiger partial charge in [-0.05, 0) is 31.9 Å². The number of aliphatic hydroxyl groups is 2. The maximum Gasteiger partial charge on any atom is 0.115 e. The Morgan fingerprint density at radius 2 is 1.57 bits per heavy atom. The van der Waals surface area contributed by atoms with Gasteiger partial charge in [0.15, 0.2) is 0 Å². The minimum absolute atomic E-state index is 0.0403. The Morgan fingerprint density at radius 3 is 2.10 bits per heavy atom. The summed E-state index contributed by atoms with van der Waals surface area (Å²) in [7, 11) is 0. The number of aromatic nitrogens is 2. The molecule has 0 radical (unpaired) electrons. The highest BCUT2D eigenvalue weighted by atomic mass is 16.6. The molecule has 1 aliphatic carbocycles. The van der Waals surface area contributed by atoms with Gasteiger partial charge in [0.25, 0.3) is 0 Å². The van der Waals surface area contributed by atoms with E-state index in [2.05, 4.69) is 9.97 Å². The predicted molar refractivity (Wildman–Crippen MR) is 111 cm³/mol. The quantitative estimate of drug-likeness (QED) is 0.750. The van der Waals surface area contributed by atoms with E-state index in [-0.39, 0.29) is 24.7 Å². The Hall–Kier alpha value is -1.90. The van der Waals surface area contributed by atoms with Crippen molar-refractivity contribution in [2.75, 3.05) is 6.61 Å². The largest absolute Gasteiger partial charge is 0.388 e. The van der Waals surface area contributed by atoms with Gasteiger partial charge in [-0.2, -0.15) is 0 Å². The fraction of sp³-hybridized carbons (Fsp3) is 0.565. The van der Waals surface area contributed by atoms with Crippen LogP contribution in [0.5, 0.6) is 0 Å². The Kier molecular flexibility index (Phi) is 6.18. The highest BCUT2D eigenvalue weighted by molar-refractivity contribution is 5.71. The molecule has 1 aliphatic heterocycles. The first-order valence-corrected chi connectivity index (χ1v) is 10.6. The molecule has 0 spiro atoms. The molecule has 30 heavy (non-hydrogen) atoms. The molecule has 7 nitrogen and oxygen atoms in total. The normalized spacial score (nSPS) is 28.7. The van der Waals surface area contributed by atoms with Crippen molar-refractivity contribution in [2.45, 2.75) is 70.4 Å². The summed E-state index contributed by atoms with van der Waals surface area (Å²) in [5.74, 6) is 0.0403. The van der Waals surface area contributed by atoms with Crippen LogP contribution in [0.25, 0.3) is 11.4 Å². The van der Waals surface area contributed by atoms with Crippen LogP contribution in [0.2, 0.25) is 0 Å². The molecule has 7 heteroatoms. The molecule has 0 aromatic carbocycles. The van der Waals surface area contributed by atoms with Crippen LogP contribution >= 0.6 is 0 Å². The molecule has 1 fully saturated rings. The molecule has 3 heterocycles. The number of aliphatic hydroxyl groups excluding tert-OH is 2. The summed E-state index contributed by atoms with van der Waals surface area (Å²) in [5, 5.41) is 21.3. The number of pyridine rings is 2. The Labute approximate surface area is 177 Å². The van der Waals surface area contributed by atoms with E-state index >= 15 is 0 Å². The fourth-order valence-electron chi connectivity index (χ4n) is 4.33. The summed E-state index contributed by atoms with van der Waals surface area (Å²) < 4.78 is 18.5. The number of fused-ring (bicyclic) bond motifs is 3. The van der Waals surface area contributed by atoms with Gasteiger partial charge in [-0.3, -0.25) is 9.97 Å². The molecule has 0 saturated carbocycles. The fourth-order valence-corrected chi connectivity index (χ4v) is 4.33. The lowest BCUT2D eigenvalue weighted by Gasteiger charge is -2.44. The second-order valence-corrected chi connectivity index (χ2v) is 8.61. The number of ether oxygens (including phenoxy) is 3. The van der Waals surface area contributed by atoms with Crippen molar-refractivity contribution >= 4 is 0 Å². The molecule has 4 rings (SSSR count). The summed E-state index contributed by atoms with van der Waals surface area (Å²) >= 11 is 0. The molecule has 5 atom stereocenters. The zero-order chi connectivity index (χ0) is 21.4. The van der Waals surface area contributed by atoms with Gasteiger partial charge in [-0.15, -0.1) is 0 Å². The maximum atomic E-state index is 10.8. The van der Waals surface area contributed by atoms with Gasteiger partial charge in [0.05, 0.1) is 30.2 Å². The van der Waals surface area contributed by atoms with E-state index in [1.54, 1.807) is 12.4 Å². The summed E-state index contributed by atoms with van der Waals surface area (Å²) in [5.41, 5.74) is 3.58. The lowest BCUT2D eigenvalue weighted by molar-refractivity contribution is -0.260. The van der Waals surface area contributed by atoms with Crippen molar-refractivity contribution in [1.29, 1.82) is 0 Å². The van der Waals surface area contributed by atoms with Crippen LogP contribution in [-0.2, 0) is 14.2 Å². The molecule has 1 saturated heterocycles. The number of nitrogens with zero attached hydrogens (tertiary/aromatic N) is 2. The van der Waals surface area contributed by atoms with Gasteiger partial charge < -0.3 is 24.4 Å². The lowest BCUT2D eigenvalue weighted by atomic mass is 9.89. The zero-order valence-electron chi connectivity index (χ0n) is 17.8. The Morgan fingerprint density at radius 1 is 0.967 bits per heavy atom. The molecule has 0 bridgehead atoms. The molecule has 2 N–H and O–H groups in total. The Bertz CT molecular complexity index is 829. The molecule has 0 amide bonds. The van der Waals surface area contributed by atoms with Crippen molar-refractivity contribution in [3.63, 3.8) is 0 Å². The van der Waals surface area contributed by atoms with Gasteiger partial charge >= 0.3 is 0 Å². The van der Waals surface area contributed by atoms with Gasteiger partial charge in [0.1, 0.15) is 30.5 Å². The summed E-state index contributed by atoms with van der Waals surface area (Å²) in [6.07, 6.45) is -0.686. The van der Waals surface area contributed by atoms with Crippen molar-refractivity contribution in [2.24, 2.45) is 5.92 Å². The topological polar surface area (TPSA) is 93.9 Å². The van der Waals surface area contributed by atoms with Crippen molar-refractivity contribution < 1.29 is 24.4 Å². The summed E-state index contributed by atoms with van der Waals surface area (Å²) in [6, 6.07) is 7.76. The van der Waals surface area contributed by atoms with Gasteiger partial charge in [0, 0.05) is 23.5 Å². The lowest BCUT2D eigenvalue weighted by Crippen LogP contribution is -2.61. The van der Waals surface area contributed by atoms with E-state index in [1.807, 2.05) is 52.0 Å². The first-order chi connectivity index (χ1) is 14.4. The molecular formula is C23H30N2O5. The molecule has 2 aromatic heterocycles. The number of hydrogen-bond donors (Lipinski definition) is 2. The third kappa shape index (κ3) is 3.88. The summed E-state index contributed by atoms with van der Waals surface area (Å²) in [6.45, 7) is 7.92. The van der Waals surface area contributed by atoms with E-state index in [9.17, 15) is 10.2 Å². The zero-order valence-corrected chi connectivity index (χ0v) is 17.8. The minimum atomic E-state index is -1.05. The van der Waals surface area contributed by atoms with Crippen LogP contribution < -0.4 is 0 Å². The molecule has 162 valence electrons. The Balaban J connectivity index is 1.58. The van der Waals surface area contributed by atoms with Gasteiger partial charge in [0.2, 0.25) is 0 Å². The van der Waals surface area contributed by atoms with E-state index in [4.69, 9.17) is 14.2 Å². The van der Waals surface area contributed by atoms with Crippen molar-refractivity contribution in [1.82, 2.24) is 9.97 Å². The van der Waals surface area contributed by atoms with Crippen molar-refractivity contribution in [3.05, 3.63) is 47.8 Å². The first kappa shape index (κ1) is 21.3. The predicted octanol–water partition coefficient (Wildman–Crippen LogP) is 2.50. The van der Waals surface area contributed by atoms with Crippen LogP contribution in [0.4, 0.5) is 0 Å². The van der Waals surface area contributed by atoms with E-state index in [1.165, 1.54) is 0 Å². The van der Waals surface area contributed by atoms with Crippen LogP contribution in [0.1, 0.15) is 44.9 Å². The van der Waals surface area contributed by atoms with Gasteiger partial charge in [-0.1, -0.05) is 26.0 Å². The van der Waals surface area contributed by atoms with Crippen LogP contribution in [0.3, 0.4) is 0 Å². The number of rotatable bonds is 6. The van der Waals surface area contributed by atoms with Crippen LogP contribution in [0.15, 0.2) is 36.7 Å². The third-order valence-corrected chi connectivity index (χ3v) is 5.70. The smallest absolute Gasteiger partial charge is 0.115 e. The average Bonchev–Trinajstić information content (AvgIpc) is 3.04. The monoisotopic (exact) mass is 414 g/mol. The second-order valence-electron chi connectivity index (χ2n) is 8.61. The standard InChI is InChI=1S/C23H30N2O5/c1-12(2)21-19(26)20(27)23(29-13(3)4)16(30-21)11-28-22-14-7-5-9-24-17(14)18-15(22)8-6-10-25-18/h5-10,12-13,16,19-23,26-27H,11H2,1-4H3/t16?,19?,20-,21+,23-/m1/s1. The van der Waals surface area contributed by atoms with E-state index in [0.717, 1.165) is 22.5 Å². The second kappa shape index (κ2) is 8.69. The maximum absolute atomic E-state index is 10.8. The highest BCUT2D eigenvalue weighted by Crippen LogP contribution is 2.43. The minimum Gasteiger partial charge on any atom is -0.388 e. The van der Waals surface area contributed by atoms with Crippen molar-refractivity contribution in [3.8, 4) is 11.4 Å².